The van der Waals surface area contributed by atoms with Crippen LogP contribution in [0.15, 0.2) is 72.9 Å². The van der Waals surface area contributed by atoms with Crippen molar-refractivity contribution in [2.75, 3.05) is 42.5 Å². The minimum Gasteiger partial charge on any atom is -0.368 e. The number of carbonyl (C=O) groups excluding carboxylic acids is 1. The quantitative estimate of drug-likeness (QED) is 0.676. The molecule has 0 saturated carbocycles. The molecule has 1 saturated heterocycles. The molecule has 3 aromatic rings. The maximum Gasteiger partial charge on any atom is 0.254 e. The maximum absolute atomic E-state index is 13.2. The summed E-state index contributed by atoms with van der Waals surface area (Å²) in [6.07, 6.45) is 2.69. The standard InChI is InChI=1S/C25H26N4O/c30-25(29-13-11-20-6-4-5-7-22(20)19-29)21-10-12-26-24(18-21)28-16-14-27(15-17-28)23-8-2-1-3-9-23/h1-10,12,18H,11,13-17,19H2. The molecule has 0 atom stereocenters. The van der Waals surface area contributed by atoms with E-state index in [-0.39, 0.29) is 5.91 Å². The molecule has 2 aromatic carbocycles. The first-order chi connectivity index (χ1) is 14.8. The second kappa shape index (κ2) is 8.19. The van der Waals surface area contributed by atoms with Gasteiger partial charge in [-0.15, -0.1) is 0 Å². The summed E-state index contributed by atoms with van der Waals surface area (Å²) in [6.45, 7) is 5.15. The van der Waals surface area contributed by atoms with Gasteiger partial charge in [0.1, 0.15) is 5.82 Å². The molecule has 0 aliphatic carbocycles. The van der Waals surface area contributed by atoms with Gasteiger partial charge in [-0.2, -0.15) is 0 Å². The van der Waals surface area contributed by atoms with Gasteiger partial charge in [0.25, 0.3) is 5.91 Å². The molecule has 1 fully saturated rings. The van der Waals surface area contributed by atoms with E-state index in [4.69, 9.17) is 0 Å². The Hall–Kier alpha value is -3.34. The first-order valence-electron chi connectivity index (χ1n) is 10.6. The van der Waals surface area contributed by atoms with Gasteiger partial charge in [-0.25, -0.2) is 4.98 Å². The second-order valence-corrected chi connectivity index (χ2v) is 7.96. The van der Waals surface area contributed by atoms with Crippen molar-refractivity contribution in [1.82, 2.24) is 9.88 Å². The van der Waals surface area contributed by atoms with Crippen molar-refractivity contribution in [2.45, 2.75) is 13.0 Å². The molecule has 2 aliphatic rings. The van der Waals surface area contributed by atoms with Crippen molar-refractivity contribution in [1.29, 1.82) is 0 Å². The third kappa shape index (κ3) is 3.75. The predicted octanol–water partition coefficient (Wildman–Crippen LogP) is 3.61. The summed E-state index contributed by atoms with van der Waals surface area (Å²) in [4.78, 5) is 24.3. The Labute approximate surface area is 177 Å². The van der Waals surface area contributed by atoms with Gasteiger partial charge in [-0.05, 0) is 41.8 Å². The van der Waals surface area contributed by atoms with Gasteiger partial charge >= 0.3 is 0 Å². The molecule has 3 heterocycles. The lowest BCUT2D eigenvalue weighted by Gasteiger charge is -2.37. The molecular weight excluding hydrogens is 372 g/mol. The third-order valence-corrected chi connectivity index (χ3v) is 6.14. The molecule has 0 bridgehead atoms. The highest BCUT2D eigenvalue weighted by Gasteiger charge is 2.23. The van der Waals surface area contributed by atoms with Crippen LogP contribution in [0.3, 0.4) is 0 Å². The van der Waals surface area contributed by atoms with Crippen LogP contribution in [0.4, 0.5) is 11.5 Å². The van der Waals surface area contributed by atoms with E-state index in [1.54, 1.807) is 6.20 Å². The number of para-hydroxylation sites is 1. The number of fused-ring (bicyclic) bond motifs is 1. The average molecular weight is 399 g/mol. The molecule has 152 valence electrons. The second-order valence-electron chi connectivity index (χ2n) is 7.96. The first-order valence-corrected chi connectivity index (χ1v) is 10.6. The van der Waals surface area contributed by atoms with Crippen LogP contribution in [0.25, 0.3) is 0 Å². The van der Waals surface area contributed by atoms with Crippen molar-refractivity contribution < 1.29 is 4.79 Å². The van der Waals surface area contributed by atoms with Gasteiger partial charge in [0.2, 0.25) is 0 Å². The number of piperazine rings is 1. The summed E-state index contributed by atoms with van der Waals surface area (Å²) in [6, 6.07) is 22.7. The normalized spacial score (nSPS) is 16.3. The van der Waals surface area contributed by atoms with Crippen LogP contribution in [0, 0.1) is 0 Å². The Morgan fingerprint density at radius 1 is 0.767 bits per heavy atom. The van der Waals surface area contributed by atoms with Crippen molar-refractivity contribution in [3.63, 3.8) is 0 Å². The van der Waals surface area contributed by atoms with Crippen LogP contribution in [-0.4, -0.2) is 48.5 Å². The first kappa shape index (κ1) is 18.7. The molecule has 0 unspecified atom stereocenters. The summed E-state index contributed by atoms with van der Waals surface area (Å²) in [5.41, 5.74) is 4.60. The van der Waals surface area contributed by atoms with Crippen LogP contribution in [-0.2, 0) is 13.0 Å². The molecular formula is C25H26N4O. The Morgan fingerprint density at radius 2 is 1.47 bits per heavy atom. The van der Waals surface area contributed by atoms with Crippen LogP contribution in [0.1, 0.15) is 21.5 Å². The third-order valence-electron chi connectivity index (χ3n) is 6.14. The van der Waals surface area contributed by atoms with Gasteiger partial charge in [-0.1, -0.05) is 42.5 Å². The van der Waals surface area contributed by atoms with Crippen molar-refractivity contribution in [3.8, 4) is 0 Å². The average Bonchev–Trinajstić information content (AvgIpc) is 2.84. The van der Waals surface area contributed by atoms with Crippen LogP contribution >= 0.6 is 0 Å². The summed E-state index contributed by atoms with van der Waals surface area (Å²) < 4.78 is 0. The number of aromatic nitrogens is 1. The lowest BCUT2D eigenvalue weighted by molar-refractivity contribution is 0.0734. The molecule has 2 aliphatic heterocycles. The van der Waals surface area contributed by atoms with Gasteiger partial charge in [0.15, 0.2) is 0 Å². The zero-order valence-corrected chi connectivity index (χ0v) is 17.1. The highest BCUT2D eigenvalue weighted by Crippen LogP contribution is 2.23. The van der Waals surface area contributed by atoms with Gasteiger partial charge in [0, 0.05) is 56.7 Å². The Morgan fingerprint density at radius 3 is 2.27 bits per heavy atom. The number of pyridine rings is 1. The van der Waals surface area contributed by atoms with E-state index in [0.717, 1.165) is 50.5 Å². The molecule has 5 nitrogen and oxygen atoms in total. The number of rotatable bonds is 3. The van der Waals surface area contributed by atoms with E-state index in [1.165, 1.54) is 16.8 Å². The van der Waals surface area contributed by atoms with Gasteiger partial charge in [-0.3, -0.25) is 4.79 Å². The largest absolute Gasteiger partial charge is 0.368 e. The fourth-order valence-electron chi connectivity index (χ4n) is 4.41. The monoisotopic (exact) mass is 398 g/mol. The predicted molar refractivity (Wildman–Crippen MR) is 120 cm³/mol. The number of amides is 1. The Kier molecular flexibility index (Phi) is 5.10. The number of anilines is 2. The summed E-state index contributed by atoms with van der Waals surface area (Å²) >= 11 is 0. The molecule has 5 heteroatoms. The van der Waals surface area contributed by atoms with E-state index >= 15 is 0 Å². The summed E-state index contributed by atoms with van der Waals surface area (Å²) in [5, 5.41) is 0. The lowest BCUT2D eigenvalue weighted by atomic mass is 9.99. The van der Waals surface area contributed by atoms with Crippen molar-refractivity contribution in [2.24, 2.45) is 0 Å². The van der Waals surface area contributed by atoms with Crippen LogP contribution in [0.5, 0.6) is 0 Å². The maximum atomic E-state index is 13.2. The Bertz CT molecular complexity index is 1030. The SMILES string of the molecule is O=C(c1ccnc(N2CCN(c3ccccc3)CC2)c1)N1CCc2ccccc2C1. The van der Waals surface area contributed by atoms with Crippen LogP contribution in [0.2, 0.25) is 0 Å². The number of hydrogen-bond donors (Lipinski definition) is 0. The summed E-state index contributed by atoms with van der Waals surface area (Å²) in [5.74, 6) is 0.988. The van der Waals surface area contributed by atoms with E-state index in [0.29, 0.717) is 6.54 Å². The number of hydrogen-bond acceptors (Lipinski definition) is 4. The summed E-state index contributed by atoms with van der Waals surface area (Å²) in [7, 11) is 0. The Balaban J connectivity index is 1.26. The van der Waals surface area contributed by atoms with Crippen molar-refractivity contribution in [3.05, 3.63) is 89.6 Å². The zero-order valence-electron chi connectivity index (χ0n) is 17.1. The van der Waals surface area contributed by atoms with E-state index in [9.17, 15) is 4.79 Å². The van der Waals surface area contributed by atoms with E-state index < -0.39 is 0 Å². The molecule has 1 aromatic heterocycles. The molecule has 0 spiro atoms. The molecule has 5 rings (SSSR count). The topological polar surface area (TPSA) is 39.7 Å². The van der Waals surface area contributed by atoms with Crippen molar-refractivity contribution >= 4 is 17.4 Å². The van der Waals surface area contributed by atoms with Gasteiger partial charge in [0.05, 0.1) is 0 Å². The minimum absolute atomic E-state index is 0.0936. The molecule has 0 N–H and O–H groups in total. The molecule has 1 amide bonds. The smallest absolute Gasteiger partial charge is 0.254 e. The van der Waals surface area contributed by atoms with E-state index in [2.05, 4.69) is 57.2 Å². The lowest BCUT2D eigenvalue weighted by Crippen LogP contribution is -2.47. The van der Waals surface area contributed by atoms with Gasteiger partial charge < -0.3 is 14.7 Å². The van der Waals surface area contributed by atoms with E-state index in [1.807, 2.05) is 29.2 Å². The highest BCUT2D eigenvalue weighted by atomic mass is 16.2. The number of carbonyl (C=O) groups is 1. The van der Waals surface area contributed by atoms with Crippen LogP contribution < -0.4 is 9.80 Å². The highest BCUT2D eigenvalue weighted by molar-refractivity contribution is 5.95. The number of benzene rings is 2. The fraction of sp³-hybridized carbons (Fsp3) is 0.280. The molecule has 30 heavy (non-hydrogen) atoms. The fourth-order valence-corrected chi connectivity index (χ4v) is 4.41. The number of nitrogens with zero attached hydrogens (tertiary/aromatic N) is 4. The zero-order chi connectivity index (χ0) is 20.3. The minimum atomic E-state index is 0.0936. The molecule has 0 radical (unpaired) electrons.